The summed E-state index contributed by atoms with van der Waals surface area (Å²) in [6.45, 7) is 6.74. The van der Waals surface area contributed by atoms with Crippen molar-refractivity contribution in [3.8, 4) is 0 Å². The lowest BCUT2D eigenvalue weighted by Crippen LogP contribution is -2.55. The van der Waals surface area contributed by atoms with Crippen LogP contribution in [0.2, 0.25) is 0 Å². The molecule has 1 rings (SSSR count). The van der Waals surface area contributed by atoms with Crippen molar-refractivity contribution in [3.05, 3.63) is 0 Å². The van der Waals surface area contributed by atoms with Gasteiger partial charge in [0.2, 0.25) is 0 Å². The Balaban J connectivity index is 2.33. The molecule has 0 unspecified atom stereocenters. The van der Waals surface area contributed by atoms with Gasteiger partial charge >= 0.3 is 0 Å². The van der Waals surface area contributed by atoms with E-state index in [4.69, 9.17) is 0 Å². The van der Waals surface area contributed by atoms with Crippen LogP contribution in [-0.2, 0) is 0 Å². The Hall–Kier alpha value is -0.160. The minimum atomic E-state index is 0.483. The Bertz CT molecular complexity index is 122. The Kier molecular flexibility index (Phi) is 3.94. The molecule has 0 aromatic rings. The fraction of sp³-hybridized carbons (Fsp3) is 1.00. The Morgan fingerprint density at radius 3 is 2.50 bits per heavy atom. The number of hydrazine groups is 1. The second-order valence-corrected chi connectivity index (χ2v) is 3.25. The van der Waals surface area contributed by atoms with E-state index in [0.29, 0.717) is 6.17 Å². The van der Waals surface area contributed by atoms with E-state index in [1.807, 2.05) is 7.05 Å². The molecule has 1 atom stereocenters. The van der Waals surface area contributed by atoms with Crippen LogP contribution in [0.1, 0.15) is 6.92 Å². The first-order valence-corrected chi connectivity index (χ1v) is 4.60. The van der Waals surface area contributed by atoms with Crippen molar-refractivity contribution in [2.75, 3.05) is 40.3 Å². The highest BCUT2D eigenvalue weighted by Crippen LogP contribution is 2.01. The van der Waals surface area contributed by atoms with Crippen LogP contribution in [0.15, 0.2) is 0 Å². The average molecular weight is 172 g/mol. The normalized spacial score (nSPS) is 23.0. The summed E-state index contributed by atoms with van der Waals surface area (Å²) in [6.07, 6.45) is 0.483. The van der Waals surface area contributed by atoms with Gasteiger partial charge in [0.15, 0.2) is 0 Å². The van der Waals surface area contributed by atoms with E-state index >= 15 is 0 Å². The lowest BCUT2D eigenvalue weighted by molar-refractivity contribution is 0.0366. The third-order valence-corrected chi connectivity index (χ3v) is 2.59. The molecule has 0 amide bonds. The van der Waals surface area contributed by atoms with Crippen molar-refractivity contribution in [1.82, 2.24) is 20.7 Å². The molecule has 1 fully saturated rings. The third kappa shape index (κ3) is 2.42. The molecule has 1 aliphatic heterocycles. The molecular weight excluding hydrogens is 152 g/mol. The van der Waals surface area contributed by atoms with E-state index < -0.39 is 0 Å². The van der Waals surface area contributed by atoms with Gasteiger partial charge in [-0.15, -0.1) is 0 Å². The summed E-state index contributed by atoms with van der Waals surface area (Å²) in [5.41, 5.74) is 3.13. The molecule has 0 spiro atoms. The van der Waals surface area contributed by atoms with Crippen LogP contribution in [0.5, 0.6) is 0 Å². The molecule has 4 heteroatoms. The maximum Gasteiger partial charge on any atom is 0.0726 e. The molecule has 12 heavy (non-hydrogen) atoms. The lowest BCUT2D eigenvalue weighted by atomic mass is 10.3. The third-order valence-electron chi connectivity index (χ3n) is 2.59. The Labute approximate surface area is 74.9 Å². The van der Waals surface area contributed by atoms with Crippen LogP contribution in [-0.4, -0.2) is 56.3 Å². The van der Waals surface area contributed by atoms with Gasteiger partial charge in [0.05, 0.1) is 6.17 Å². The molecule has 1 aliphatic rings. The van der Waals surface area contributed by atoms with E-state index in [0.717, 1.165) is 26.2 Å². The van der Waals surface area contributed by atoms with Crippen LogP contribution in [0, 0.1) is 0 Å². The predicted molar refractivity (Wildman–Crippen MR) is 50.7 cm³/mol. The molecule has 0 radical (unpaired) electrons. The molecule has 0 bridgehead atoms. The number of piperazine rings is 1. The minimum absolute atomic E-state index is 0.483. The first-order chi connectivity index (χ1) is 5.75. The molecule has 0 aliphatic carbocycles. The van der Waals surface area contributed by atoms with Gasteiger partial charge < -0.3 is 5.32 Å². The number of hydrogen-bond acceptors (Lipinski definition) is 4. The van der Waals surface area contributed by atoms with Crippen LogP contribution < -0.4 is 10.7 Å². The standard InChI is InChI=1S/C8H20N4/c1-8(11(3)9-2)12-6-4-10-5-7-12/h8-10H,4-7H2,1-3H3/t8-/m0/s1. The number of hydrogen-bond donors (Lipinski definition) is 2. The fourth-order valence-electron chi connectivity index (χ4n) is 1.49. The quantitative estimate of drug-likeness (QED) is 0.551. The molecule has 72 valence electrons. The van der Waals surface area contributed by atoms with E-state index in [1.165, 1.54) is 0 Å². The predicted octanol–water partition coefficient (Wildman–Crippen LogP) is -0.696. The fourth-order valence-corrected chi connectivity index (χ4v) is 1.49. The first kappa shape index (κ1) is 9.92. The van der Waals surface area contributed by atoms with E-state index in [9.17, 15) is 0 Å². The lowest BCUT2D eigenvalue weighted by Gasteiger charge is -2.37. The zero-order valence-corrected chi connectivity index (χ0v) is 8.30. The zero-order valence-electron chi connectivity index (χ0n) is 8.30. The van der Waals surface area contributed by atoms with Gasteiger partial charge in [-0.05, 0) is 14.0 Å². The second-order valence-electron chi connectivity index (χ2n) is 3.25. The van der Waals surface area contributed by atoms with Crippen LogP contribution in [0.4, 0.5) is 0 Å². The monoisotopic (exact) mass is 172 g/mol. The van der Waals surface area contributed by atoms with Gasteiger partial charge in [-0.1, -0.05) is 0 Å². The van der Waals surface area contributed by atoms with Gasteiger partial charge in [-0.2, -0.15) is 0 Å². The smallest absolute Gasteiger partial charge is 0.0726 e. The summed E-state index contributed by atoms with van der Waals surface area (Å²) in [7, 11) is 4.03. The first-order valence-electron chi connectivity index (χ1n) is 4.60. The maximum atomic E-state index is 3.35. The molecule has 0 aromatic carbocycles. The summed E-state index contributed by atoms with van der Waals surface area (Å²) in [6, 6.07) is 0. The van der Waals surface area contributed by atoms with Crippen molar-refractivity contribution >= 4 is 0 Å². The molecule has 2 N–H and O–H groups in total. The molecule has 0 saturated carbocycles. The van der Waals surface area contributed by atoms with E-state index in [-0.39, 0.29) is 0 Å². The highest BCUT2D eigenvalue weighted by atomic mass is 15.6. The number of nitrogens with zero attached hydrogens (tertiary/aromatic N) is 2. The highest BCUT2D eigenvalue weighted by molar-refractivity contribution is 4.71. The summed E-state index contributed by atoms with van der Waals surface area (Å²) in [5, 5.41) is 5.48. The van der Waals surface area contributed by atoms with Crippen LogP contribution in [0.3, 0.4) is 0 Å². The maximum absolute atomic E-state index is 3.35. The summed E-state index contributed by atoms with van der Waals surface area (Å²) in [4.78, 5) is 2.47. The second kappa shape index (κ2) is 4.77. The van der Waals surface area contributed by atoms with Crippen LogP contribution in [0.25, 0.3) is 0 Å². The van der Waals surface area contributed by atoms with Gasteiger partial charge in [0, 0.05) is 33.2 Å². The van der Waals surface area contributed by atoms with Gasteiger partial charge in [-0.3, -0.25) is 10.3 Å². The van der Waals surface area contributed by atoms with Crippen LogP contribution >= 0.6 is 0 Å². The van der Waals surface area contributed by atoms with Gasteiger partial charge in [0.25, 0.3) is 0 Å². The molecular formula is C8H20N4. The van der Waals surface area contributed by atoms with E-state index in [1.54, 1.807) is 0 Å². The van der Waals surface area contributed by atoms with Gasteiger partial charge in [-0.25, -0.2) is 5.01 Å². The SMILES string of the molecule is CNN(C)[C@H](C)N1CCNCC1. The van der Waals surface area contributed by atoms with Crippen molar-refractivity contribution < 1.29 is 0 Å². The van der Waals surface area contributed by atoms with Crippen molar-refractivity contribution in [2.45, 2.75) is 13.1 Å². The van der Waals surface area contributed by atoms with Gasteiger partial charge in [0.1, 0.15) is 0 Å². The number of rotatable bonds is 3. The van der Waals surface area contributed by atoms with E-state index in [2.05, 4.69) is 34.6 Å². The largest absolute Gasteiger partial charge is 0.314 e. The topological polar surface area (TPSA) is 30.5 Å². The van der Waals surface area contributed by atoms with Crippen molar-refractivity contribution in [2.24, 2.45) is 0 Å². The molecule has 4 nitrogen and oxygen atoms in total. The molecule has 1 heterocycles. The average Bonchev–Trinajstić information content (AvgIpc) is 2.17. The summed E-state index contributed by atoms with van der Waals surface area (Å²) >= 11 is 0. The number of nitrogens with one attached hydrogen (secondary N) is 2. The van der Waals surface area contributed by atoms with Crippen molar-refractivity contribution in [3.63, 3.8) is 0 Å². The van der Waals surface area contributed by atoms with Crippen molar-refractivity contribution in [1.29, 1.82) is 0 Å². The highest BCUT2D eigenvalue weighted by Gasteiger charge is 2.18. The Morgan fingerprint density at radius 1 is 1.42 bits per heavy atom. The zero-order chi connectivity index (χ0) is 8.97. The molecule has 1 saturated heterocycles. The Morgan fingerprint density at radius 2 is 2.00 bits per heavy atom. The minimum Gasteiger partial charge on any atom is -0.314 e. The summed E-state index contributed by atoms with van der Waals surface area (Å²) < 4.78 is 0. The summed E-state index contributed by atoms with van der Waals surface area (Å²) in [5.74, 6) is 0. The molecule has 0 aromatic heterocycles.